The molecule has 0 aliphatic carbocycles. The quantitative estimate of drug-likeness (QED) is 0.475. The van der Waals surface area contributed by atoms with E-state index in [0.717, 1.165) is 5.56 Å². The van der Waals surface area contributed by atoms with Crippen LogP contribution in [0.4, 0.5) is 0 Å². The molecule has 0 N–H and O–H groups in total. The molecule has 4 aromatic rings. The molecular weight excluding hydrogens is 370 g/mol. The minimum atomic E-state index is -1.48. The molecule has 0 amide bonds. The van der Waals surface area contributed by atoms with Crippen molar-refractivity contribution in [1.82, 2.24) is 14.5 Å². The highest BCUT2D eigenvalue weighted by atomic mass is 32.2. The monoisotopic (exact) mass is 389 g/mol. The number of pyridine rings is 1. The first-order valence-electron chi connectivity index (χ1n) is 9.04. The van der Waals surface area contributed by atoms with Crippen LogP contribution in [0.3, 0.4) is 0 Å². The van der Waals surface area contributed by atoms with Crippen LogP contribution in [-0.4, -0.2) is 18.7 Å². The van der Waals surface area contributed by atoms with Crippen LogP contribution in [0.5, 0.6) is 0 Å². The van der Waals surface area contributed by atoms with E-state index in [1.807, 2.05) is 60.7 Å². The first kappa shape index (κ1) is 18.3. The summed E-state index contributed by atoms with van der Waals surface area (Å²) in [5.74, 6) is 0.219. The van der Waals surface area contributed by atoms with Crippen molar-refractivity contribution < 1.29 is 4.21 Å². The van der Waals surface area contributed by atoms with Crippen molar-refractivity contribution in [3.63, 3.8) is 0 Å². The topological polar surface area (TPSA) is 64.8 Å². The summed E-state index contributed by atoms with van der Waals surface area (Å²) in [5, 5.41) is 0.833. The van der Waals surface area contributed by atoms with Crippen LogP contribution in [0.2, 0.25) is 0 Å². The van der Waals surface area contributed by atoms with Crippen LogP contribution in [0.15, 0.2) is 88.9 Å². The molecule has 6 heteroatoms. The second-order valence-corrected chi connectivity index (χ2v) is 7.76. The largest absolute Gasteiger partial charge is 0.285 e. The predicted octanol–water partition coefficient (Wildman–Crippen LogP) is 3.34. The summed E-state index contributed by atoms with van der Waals surface area (Å²) in [6.45, 7) is 0.421. The van der Waals surface area contributed by atoms with Crippen LogP contribution in [0.25, 0.3) is 10.9 Å². The van der Waals surface area contributed by atoms with Crippen LogP contribution in [0.1, 0.15) is 11.3 Å². The second-order valence-electron chi connectivity index (χ2n) is 6.41. The maximum Gasteiger partial charge on any atom is 0.262 e. The van der Waals surface area contributed by atoms with Gasteiger partial charge in [0, 0.05) is 12.7 Å². The highest BCUT2D eigenvalue weighted by molar-refractivity contribution is 7.84. The lowest BCUT2D eigenvalue weighted by atomic mass is 10.1. The van der Waals surface area contributed by atoms with E-state index in [4.69, 9.17) is 0 Å². The molecule has 0 fully saturated rings. The van der Waals surface area contributed by atoms with Crippen LogP contribution in [0, 0.1) is 0 Å². The van der Waals surface area contributed by atoms with E-state index in [9.17, 15) is 9.00 Å². The number of para-hydroxylation sites is 1. The Kier molecular flexibility index (Phi) is 5.39. The fourth-order valence-corrected chi connectivity index (χ4v) is 4.28. The van der Waals surface area contributed by atoms with Crippen molar-refractivity contribution in [2.75, 3.05) is 0 Å². The van der Waals surface area contributed by atoms with Crippen molar-refractivity contribution in [3.05, 3.63) is 101 Å². The summed E-state index contributed by atoms with van der Waals surface area (Å²) in [7, 11) is -1.48. The molecule has 1 unspecified atom stereocenters. The van der Waals surface area contributed by atoms with E-state index in [1.165, 1.54) is 0 Å². The van der Waals surface area contributed by atoms with E-state index < -0.39 is 10.8 Å². The molecule has 28 heavy (non-hydrogen) atoms. The average Bonchev–Trinajstić information content (AvgIpc) is 2.74. The lowest BCUT2D eigenvalue weighted by molar-refractivity contribution is 0.579. The minimum absolute atomic E-state index is 0.161. The van der Waals surface area contributed by atoms with Gasteiger partial charge in [0.2, 0.25) is 5.16 Å². The lowest BCUT2D eigenvalue weighted by Crippen LogP contribution is -2.27. The SMILES string of the molecule is O=c1c2ccccc2nc(S(=O)Cc2ccccn2)n1CCc1ccccc1. The predicted molar refractivity (Wildman–Crippen MR) is 110 cm³/mol. The van der Waals surface area contributed by atoms with Crippen LogP contribution < -0.4 is 5.56 Å². The number of fused-ring (bicyclic) bond motifs is 1. The maximum absolute atomic E-state index is 13.1. The van der Waals surface area contributed by atoms with Crippen LogP contribution >= 0.6 is 0 Å². The smallest absolute Gasteiger partial charge is 0.262 e. The zero-order valence-corrected chi connectivity index (χ0v) is 16.0. The summed E-state index contributed by atoms with van der Waals surface area (Å²) in [5.41, 5.74) is 2.22. The average molecular weight is 389 g/mol. The number of aryl methyl sites for hydroxylation is 1. The Morgan fingerprint density at radius 2 is 1.64 bits per heavy atom. The number of aromatic nitrogens is 3. The van der Waals surface area contributed by atoms with Crippen molar-refractivity contribution >= 4 is 21.7 Å². The summed E-state index contributed by atoms with van der Waals surface area (Å²) >= 11 is 0. The lowest BCUT2D eigenvalue weighted by Gasteiger charge is -2.13. The Balaban J connectivity index is 1.74. The molecule has 0 radical (unpaired) electrons. The molecule has 0 aliphatic heterocycles. The molecule has 2 aromatic carbocycles. The number of rotatable bonds is 6. The Morgan fingerprint density at radius 1 is 0.893 bits per heavy atom. The summed E-state index contributed by atoms with van der Waals surface area (Å²) in [6.07, 6.45) is 2.33. The molecule has 4 rings (SSSR count). The highest BCUT2D eigenvalue weighted by Gasteiger charge is 2.17. The van der Waals surface area contributed by atoms with E-state index in [-0.39, 0.29) is 11.3 Å². The van der Waals surface area contributed by atoms with Crippen molar-refractivity contribution in [2.45, 2.75) is 23.9 Å². The van der Waals surface area contributed by atoms with Gasteiger partial charge in [-0.3, -0.25) is 18.6 Å². The summed E-state index contributed by atoms with van der Waals surface area (Å²) in [4.78, 5) is 21.9. The molecule has 0 saturated heterocycles. The molecule has 0 spiro atoms. The maximum atomic E-state index is 13.1. The van der Waals surface area contributed by atoms with Gasteiger partial charge in [0.15, 0.2) is 0 Å². The standard InChI is InChI=1S/C22H19N3O2S/c26-21-19-11-4-5-12-20(19)24-22(28(27)16-18-10-6-7-14-23-18)25(21)15-13-17-8-2-1-3-9-17/h1-12,14H,13,15-16H2. The molecule has 2 heterocycles. The molecular formula is C22H19N3O2S. The highest BCUT2D eigenvalue weighted by Crippen LogP contribution is 2.14. The van der Waals surface area contributed by atoms with Crippen molar-refractivity contribution in [3.8, 4) is 0 Å². The Labute approximate surface area is 165 Å². The van der Waals surface area contributed by atoms with Crippen LogP contribution in [-0.2, 0) is 29.5 Å². The summed E-state index contributed by atoms with van der Waals surface area (Å²) < 4.78 is 14.6. The minimum Gasteiger partial charge on any atom is -0.285 e. The number of nitrogens with zero attached hydrogens (tertiary/aromatic N) is 3. The zero-order chi connectivity index (χ0) is 19.3. The molecule has 5 nitrogen and oxygen atoms in total. The number of hydrogen-bond donors (Lipinski definition) is 0. The van der Waals surface area contributed by atoms with E-state index in [0.29, 0.717) is 34.7 Å². The van der Waals surface area contributed by atoms with E-state index >= 15 is 0 Å². The van der Waals surface area contributed by atoms with Gasteiger partial charge in [-0.1, -0.05) is 48.5 Å². The van der Waals surface area contributed by atoms with Gasteiger partial charge in [-0.15, -0.1) is 0 Å². The zero-order valence-electron chi connectivity index (χ0n) is 15.2. The van der Waals surface area contributed by atoms with Gasteiger partial charge in [0.25, 0.3) is 5.56 Å². The van der Waals surface area contributed by atoms with E-state index in [2.05, 4.69) is 9.97 Å². The third kappa shape index (κ3) is 3.92. The third-order valence-electron chi connectivity index (χ3n) is 4.50. The second kappa shape index (κ2) is 8.27. The van der Waals surface area contributed by atoms with Gasteiger partial charge >= 0.3 is 0 Å². The Morgan fingerprint density at radius 3 is 2.43 bits per heavy atom. The fraction of sp³-hybridized carbons (Fsp3) is 0.136. The molecule has 2 aromatic heterocycles. The normalized spacial score (nSPS) is 12.1. The molecule has 0 saturated carbocycles. The molecule has 1 atom stereocenters. The van der Waals surface area contributed by atoms with Crippen molar-refractivity contribution in [1.29, 1.82) is 0 Å². The summed E-state index contributed by atoms with van der Waals surface area (Å²) in [6, 6.07) is 22.6. The van der Waals surface area contributed by atoms with Crippen molar-refractivity contribution in [2.24, 2.45) is 0 Å². The fourth-order valence-electron chi connectivity index (χ4n) is 3.09. The first-order chi connectivity index (χ1) is 13.7. The molecule has 0 bridgehead atoms. The van der Waals surface area contributed by atoms with E-state index in [1.54, 1.807) is 22.9 Å². The molecule has 0 aliphatic rings. The number of benzene rings is 2. The van der Waals surface area contributed by atoms with Gasteiger partial charge in [0.05, 0.1) is 33.1 Å². The first-order valence-corrected chi connectivity index (χ1v) is 10.4. The molecule has 140 valence electrons. The van der Waals surface area contributed by atoms with Gasteiger partial charge in [-0.05, 0) is 36.2 Å². The Hall–Kier alpha value is -3.12. The van der Waals surface area contributed by atoms with Gasteiger partial charge in [0.1, 0.15) is 0 Å². The van der Waals surface area contributed by atoms with Gasteiger partial charge in [-0.25, -0.2) is 4.98 Å². The van der Waals surface area contributed by atoms with Gasteiger partial charge < -0.3 is 0 Å². The van der Waals surface area contributed by atoms with Gasteiger partial charge in [-0.2, -0.15) is 0 Å². The third-order valence-corrected chi connectivity index (χ3v) is 5.78. The number of hydrogen-bond acceptors (Lipinski definition) is 4. The Bertz CT molecular complexity index is 1170.